The summed E-state index contributed by atoms with van der Waals surface area (Å²) in [6.45, 7) is 0.900. The number of carbonyl (C=O) groups excluding carboxylic acids is 1. The highest BCUT2D eigenvalue weighted by molar-refractivity contribution is 6.30. The van der Waals surface area contributed by atoms with Gasteiger partial charge in [0.05, 0.1) is 13.0 Å². The molecule has 0 radical (unpaired) electrons. The van der Waals surface area contributed by atoms with Crippen molar-refractivity contribution >= 4 is 17.6 Å². The van der Waals surface area contributed by atoms with Crippen LogP contribution in [0.3, 0.4) is 0 Å². The van der Waals surface area contributed by atoms with Crippen LogP contribution in [0, 0.1) is 5.92 Å². The van der Waals surface area contributed by atoms with Crippen LogP contribution in [0.5, 0.6) is 0 Å². The van der Waals surface area contributed by atoms with Crippen molar-refractivity contribution in [3.05, 3.63) is 34.9 Å². The van der Waals surface area contributed by atoms with Crippen molar-refractivity contribution < 1.29 is 9.53 Å². The first-order valence-electron chi connectivity index (χ1n) is 6.15. The zero-order valence-corrected chi connectivity index (χ0v) is 11.5. The SMILES string of the molecule is COC(=O)C1CCN(C)C(c2cccc(Cl)c2)C1. The quantitative estimate of drug-likeness (QED) is 0.772. The number of hydrogen-bond donors (Lipinski definition) is 0. The molecule has 0 saturated carbocycles. The molecule has 2 atom stereocenters. The first-order chi connectivity index (χ1) is 8.61. The monoisotopic (exact) mass is 267 g/mol. The first-order valence-corrected chi connectivity index (χ1v) is 6.53. The minimum absolute atomic E-state index is 0.00446. The maximum atomic E-state index is 11.7. The number of benzene rings is 1. The summed E-state index contributed by atoms with van der Waals surface area (Å²) in [6, 6.07) is 8.09. The van der Waals surface area contributed by atoms with Crippen molar-refractivity contribution in [3.63, 3.8) is 0 Å². The molecule has 0 N–H and O–H groups in total. The standard InChI is InChI=1S/C14H18ClNO2/c1-16-7-6-11(14(17)18-2)9-13(16)10-4-3-5-12(15)8-10/h3-5,8,11,13H,6-7,9H2,1-2H3. The highest BCUT2D eigenvalue weighted by Crippen LogP contribution is 2.34. The Morgan fingerprint density at radius 1 is 1.50 bits per heavy atom. The van der Waals surface area contributed by atoms with Crippen molar-refractivity contribution in [2.45, 2.75) is 18.9 Å². The van der Waals surface area contributed by atoms with Crippen molar-refractivity contribution in [1.29, 1.82) is 0 Å². The highest BCUT2D eigenvalue weighted by Gasteiger charge is 2.31. The van der Waals surface area contributed by atoms with Gasteiger partial charge in [0.25, 0.3) is 0 Å². The number of piperidine rings is 1. The molecule has 2 unspecified atom stereocenters. The van der Waals surface area contributed by atoms with E-state index < -0.39 is 0 Å². The molecular weight excluding hydrogens is 250 g/mol. The molecule has 1 saturated heterocycles. The van der Waals surface area contributed by atoms with Crippen LogP contribution in [0.1, 0.15) is 24.4 Å². The van der Waals surface area contributed by atoms with E-state index in [1.165, 1.54) is 12.7 Å². The molecule has 1 aliphatic heterocycles. The Labute approximate surface area is 113 Å². The zero-order valence-electron chi connectivity index (χ0n) is 10.7. The Hall–Kier alpha value is -1.06. The number of halogens is 1. The van der Waals surface area contributed by atoms with Gasteiger partial charge >= 0.3 is 5.97 Å². The average molecular weight is 268 g/mol. The molecule has 0 amide bonds. The van der Waals surface area contributed by atoms with Crippen LogP contribution in [0.4, 0.5) is 0 Å². The average Bonchev–Trinajstić information content (AvgIpc) is 2.38. The molecule has 18 heavy (non-hydrogen) atoms. The number of ether oxygens (including phenoxy) is 1. The molecule has 0 bridgehead atoms. The summed E-state index contributed by atoms with van der Waals surface area (Å²) in [5.41, 5.74) is 1.17. The van der Waals surface area contributed by atoms with E-state index in [9.17, 15) is 4.79 Å². The van der Waals surface area contributed by atoms with E-state index >= 15 is 0 Å². The summed E-state index contributed by atoms with van der Waals surface area (Å²) in [7, 11) is 3.54. The molecule has 3 nitrogen and oxygen atoms in total. The number of hydrogen-bond acceptors (Lipinski definition) is 3. The summed E-state index contributed by atoms with van der Waals surface area (Å²) < 4.78 is 4.85. The number of esters is 1. The van der Waals surface area contributed by atoms with Gasteiger partial charge in [-0.3, -0.25) is 9.69 Å². The lowest BCUT2D eigenvalue weighted by Crippen LogP contribution is -2.36. The Bertz CT molecular complexity index is 436. The largest absolute Gasteiger partial charge is 0.469 e. The third kappa shape index (κ3) is 2.85. The minimum atomic E-state index is -0.102. The normalized spacial score (nSPS) is 24.8. The molecule has 1 fully saturated rings. The maximum Gasteiger partial charge on any atom is 0.308 e. The summed E-state index contributed by atoms with van der Waals surface area (Å²) in [4.78, 5) is 13.9. The summed E-state index contributed by atoms with van der Waals surface area (Å²) in [6.07, 6.45) is 1.66. The van der Waals surface area contributed by atoms with Gasteiger partial charge < -0.3 is 4.74 Å². The molecule has 98 valence electrons. The molecule has 1 aromatic rings. The predicted octanol–water partition coefficient (Wildman–Crippen LogP) is 2.90. The van der Waals surface area contributed by atoms with Gasteiger partial charge in [0, 0.05) is 11.1 Å². The van der Waals surface area contributed by atoms with Crippen molar-refractivity contribution in [2.24, 2.45) is 5.92 Å². The van der Waals surface area contributed by atoms with Gasteiger partial charge in [0.15, 0.2) is 0 Å². The van der Waals surface area contributed by atoms with Crippen LogP contribution in [0.25, 0.3) is 0 Å². The van der Waals surface area contributed by atoms with E-state index in [1.54, 1.807) is 0 Å². The fourth-order valence-corrected chi connectivity index (χ4v) is 2.77. The molecule has 1 heterocycles. The number of methoxy groups -OCH3 is 1. The Kier molecular flexibility index (Phi) is 4.25. The van der Waals surface area contributed by atoms with Crippen LogP contribution < -0.4 is 0 Å². The second-order valence-corrected chi connectivity index (χ2v) is 5.23. The topological polar surface area (TPSA) is 29.5 Å². The fourth-order valence-electron chi connectivity index (χ4n) is 2.57. The molecule has 0 aromatic heterocycles. The second kappa shape index (κ2) is 5.72. The maximum absolute atomic E-state index is 11.7. The third-order valence-electron chi connectivity index (χ3n) is 3.64. The molecule has 0 spiro atoms. The molecule has 1 aliphatic rings. The summed E-state index contributed by atoms with van der Waals surface area (Å²) in [5.74, 6) is -0.106. The molecule has 1 aromatic carbocycles. The highest BCUT2D eigenvalue weighted by atomic mass is 35.5. The summed E-state index contributed by atoms with van der Waals surface area (Å²) in [5, 5.41) is 0.737. The lowest BCUT2D eigenvalue weighted by molar-refractivity contribution is -0.147. The third-order valence-corrected chi connectivity index (χ3v) is 3.87. The number of carbonyl (C=O) groups is 1. The van der Waals surface area contributed by atoms with Crippen LogP contribution in [-0.4, -0.2) is 31.6 Å². The van der Waals surface area contributed by atoms with Crippen molar-refractivity contribution in [2.75, 3.05) is 20.7 Å². The lowest BCUT2D eigenvalue weighted by atomic mass is 9.87. The molecular formula is C14H18ClNO2. The van der Waals surface area contributed by atoms with Gasteiger partial charge in [0.2, 0.25) is 0 Å². The van der Waals surface area contributed by atoms with Gasteiger partial charge in [-0.15, -0.1) is 0 Å². The first kappa shape index (κ1) is 13.4. The van der Waals surface area contributed by atoms with Crippen molar-refractivity contribution in [1.82, 2.24) is 4.90 Å². The van der Waals surface area contributed by atoms with Crippen LogP contribution in [0.2, 0.25) is 5.02 Å². The van der Waals surface area contributed by atoms with Crippen LogP contribution in [0.15, 0.2) is 24.3 Å². The smallest absolute Gasteiger partial charge is 0.308 e. The van der Waals surface area contributed by atoms with E-state index in [0.717, 1.165) is 24.4 Å². The Morgan fingerprint density at radius 3 is 2.94 bits per heavy atom. The van der Waals surface area contributed by atoms with Crippen LogP contribution >= 0.6 is 11.6 Å². The lowest BCUT2D eigenvalue weighted by Gasteiger charge is -2.36. The van der Waals surface area contributed by atoms with Crippen molar-refractivity contribution in [3.8, 4) is 0 Å². The van der Waals surface area contributed by atoms with E-state index in [2.05, 4.69) is 18.0 Å². The van der Waals surface area contributed by atoms with Crippen LogP contribution in [-0.2, 0) is 9.53 Å². The zero-order chi connectivity index (χ0) is 13.1. The van der Waals surface area contributed by atoms with Gasteiger partial charge in [0.1, 0.15) is 0 Å². The van der Waals surface area contributed by atoms with E-state index in [0.29, 0.717) is 0 Å². The number of rotatable bonds is 2. The van der Waals surface area contributed by atoms with Gasteiger partial charge in [-0.1, -0.05) is 23.7 Å². The Morgan fingerprint density at radius 2 is 2.28 bits per heavy atom. The minimum Gasteiger partial charge on any atom is -0.469 e. The van der Waals surface area contributed by atoms with Gasteiger partial charge in [-0.05, 0) is 44.1 Å². The number of nitrogens with zero attached hydrogens (tertiary/aromatic N) is 1. The predicted molar refractivity (Wildman–Crippen MR) is 71.6 cm³/mol. The van der Waals surface area contributed by atoms with E-state index in [4.69, 9.17) is 16.3 Å². The number of likely N-dealkylation sites (tertiary alicyclic amines) is 1. The molecule has 4 heteroatoms. The molecule has 2 rings (SSSR count). The Balaban J connectivity index is 2.17. The van der Waals surface area contributed by atoms with Gasteiger partial charge in [-0.2, -0.15) is 0 Å². The fraction of sp³-hybridized carbons (Fsp3) is 0.500. The van der Waals surface area contributed by atoms with E-state index in [-0.39, 0.29) is 17.9 Å². The van der Waals surface area contributed by atoms with E-state index in [1.807, 2.05) is 18.2 Å². The summed E-state index contributed by atoms with van der Waals surface area (Å²) >= 11 is 6.03. The van der Waals surface area contributed by atoms with Gasteiger partial charge in [-0.25, -0.2) is 0 Å². The second-order valence-electron chi connectivity index (χ2n) is 4.80. The molecule has 0 aliphatic carbocycles.